The highest BCUT2D eigenvalue weighted by molar-refractivity contribution is 5.77. The van der Waals surface area contributed by atoms with E-state index in [0.717, 1.165) is 13.0 Å². The van der Waals surface area contributed by atoms with Gasteiger partial charge >= 0.3 is 0 Å². The molecule has 1 heterocycles. The number of carbonyl (C=O) groups excluding carboxylic acids is 1. The van der Waals surface area contributed by atoms with Gasteiger partial charge in [0.25, 0.3) is 0 Å². The average molecular weight is 230 g/mol. The van der Waals surface area contributed by atoms with Crippen LogP contribution >= 0.6 is 0 Å². The maximum absolute atomic E-state index is 11.4. The predicted octanol–water partition coefficient (Wildman–Crippen LogP) is -0.0939. The molecule has 2 N–H and O–H groups in total. The standard InChI is InChI=1S/C11H22N2O3/c1-9(6-15-2)13-11(14)8-16-7-10-4-3-5-12-10/h9-10,12H,3-8H2,1-2H3,(H,13,14). The molecule has 1 amide bonds. The summed E-state index contributed by atoms with van der Waals surface area (Å²) in [5, 5.41) is 6.11. The van der Waals surface area contributed by atoms with Gasteiger partial charge in [-0.05, 0) is 26.3 Å². The molecule has 5 heteroatoms. The second kappa shape index (κ2) is 7.60. The quantitative estimate of drug-likeness (QED) is 0.641. The van der Waals surface area contributed by atoms with Crippen LogP contribution in [-0.2, 0) is 14.3 Å². The van der Waals surface area contributed by atoms with Crippen LogP contribution in [-0.4, -0.2) is 51.5 Å². The van der Waals surface area contributed by atoms with Crippen molar-refractivity contribution in [1.29, 1.82) is 0 Å². The van der Waals surface area contributed by atoms with E-state index in [4.69, 9.17) is 9.47 Å². The summed E-state index contributed by atoms with van der Waals surface area (Å²) in [6.07, 6.45) is 2.34. The maximum Gasteiger partial charge on any atom is 0.246 e. The van der Waals surface area contributed by atoms with Crippen LogP contribution in [0.15, 0.2) is 0 Å². The highest BCUT2D eigenvalue weighted by Gasteiger charge is 2.14. The summed E-state index contributed by atoms with van der Waals surface area (Å²) in [7, 11) is 1.62. The number of hydrogen-bond donors (Lipinski definition) is 2. The van der Waals surface area contributed by atoms with E-state index in [-0.39, 0.29) is 18.6 Å². The molecule has 2 unspecified atom stereocenters. The molecule has 16 heavy (non-hydrogen) atoms. The minimum absolute atomic E-state index is 0.0331. The lowest BCUT2D eigenvalue weighted by atomic mass is 10.2. The van der Waals surface area contributed by atoms with Crippen molar-refractivity contribution in [2.24, 2.45) is 0 Å². The van der Waals surface area contributed by atoms with Crippen molar-refractivity contribution in [2.45, 2.75) is 31.8 Å². The molecular formula is C11H22N2O3. The SMILES string of the molecule is COCC(C)NC(=O)COCC1CCCN1. The lowest BCUT2D eigenvalue weighted by Gasteiger charge is -2.14. The molecule has 1 saturated heterocycles. The summed E-state index contributed by atoms with van der Waals surface area (Å²) in [5.74, 6) is -0.0810. The Balaban J connectivity index is 2.01. The van der Waals surface area contributed by atoms with Gasteiger partial charge in [0.05, 0.1) is 13.2 Å². The summed E-state index contributed by atoms with van der Waals surface area (Å²) in [5.41, 5.74) is 0. The fourth-order valence-electron chi connectivity index (χ4n) is 1.80. The highest BCUT2D eigenvalue weighted by atomic mass is 16.5. The molecule has 1 aliphatic rings. The molecule has 0 spiro atoms. The predicted molar refractivity (Wildman–Crippen MR) is 61.3 cm³/mol. The van der Waals surface area contributed by atoms with Crippen molar-refractivity contribution < 1.29 is 14.3 Å². The van der Waals surface area contributed by atoms with E-state index in [1.807, 2.05) is 6.92 Å². The minimum Gasteiger partial charge on any atom is -0.383 e. The van der Waals surface area contributed by atoms with E-state index in [0.29, 0.717) is 19.3 Å². The van der Waals surface area contributed by atoms with Crippen LogP contribution in [0.1, 0.15) is 19.8 Å². The van der Waals surface area contributed by atoms with Crippen molar-refractivity contribution in [3.63, 3.8) is 0 Å². The molecule has 1 fully saturated rings. The van der Waals surface area contributed by atoms with E-state index in [9.17, 15) is 4.79 Å². The first kappa shape index (κ1) is 13.4. The Kier molecular flexibility index (Phi) is 6.37. The van der Waals surface area contributed by atoms with Crippen molar-refractivity contribution in [3.8, 4) is 0 Å². The van der Waals surface area contributed by atoms with Gasteiger partial charge in [-0.3, -0.25) is 4.79 Å². The van der Waals surface area contributed by atoms with Crippen molar-refractivity contribution in [1.82, 2.24) is 10.6 Å². The molecule has 0 aromatic heterocycles. The number of hydrogen-bond acceptors (Lipinski definition) is 4. The van der Waals surface area contributed by atoms with Gasteiger partial charge in [-0.1, -0.05) is 0 Å². The van der Waals surface area contributed by atoms with Crippen LogP contribution in [0, 0.1) is 0 Å². The van der Waals surface area contributed by atoms with Crippen molar-refractivity contribution >= 4 is 5.91 Å². The Morgan fingerprint density at radius 3 is 3.06 bits per heavy atom. The summed E-state index contributed by atoms with van der Waals surface area (Å²) in [6.45, 7) is 4.24. The third-order valence-electron chi connectivity index (χ3n) is 2.54. The topological polar surface area (TPSA) is 59.6 Å². The van der Waals surface area contributed by atoms with E-state index in [2.05, 4.69) is 10.6 Å². The Morgan fingerprint density at radius 2 is 2.44 bits per heavy atom. The molecule has 94 valence electrons. The molecule has 0 aromatic carbocycles. The molecule has 5 nitrogen and oxygen atoms in total. The highest BCUT2D eigenvalue weighted by Crippen LogP contribution is 2.04. The van der Waals surface area contributed by atoms with Crippen LogP contribution < -0.4 is 10.6 Å². The third-order valence-corrected chi connectivity index (χ3v) is 2.54. The first-order valence-electron chi connectivity index (χ1n) is 5.81. The van der Waals surface area contributed by atoms with Gasteiger partial charge in [0.1, 0.15) is 6.61 Å². The summed E-state index contributed by atoms with van der Waals surface area (Å²) >= 11 is 0. The molecule has 0 aliphatic carbocycles. The molecule has 0 saturated carbocycles. The number of carbonyl (C=O) groups is 1. The summed E-state index contributed by atoms with van der Waals surface area (Å²) in [6, 6.07) is 0.454. The minimum atomic E-state index is -0.0810. The zero-order chi connectivity index (χ0) is 11.8. The Hall–Kier alpha value is -0.650. The number of ether oxygens (including phenoxy) is 2. The van der Waals surface area contributed by atoms with E-state index >= 15 is 0 Å². The van der Waals surface area contributed by atoms with E-state index in [1.54, 1.807) is 7.11 Å². The van der Waals surface area contributed by atoms with Gasteiger partial charge in [-0.25, -0.2) is 0 Å². The summed E-state index contributed by atoms with van der Waals surface area (Å²) in [4.78, 5) is 11.4. The molecule has 0 bridgehead atoms. The van der Waals surface area contributed by atoms with Gasteiger partial charge in [0.15, 0.2) is 0 Å². The first-order chi connectivity index (χ1) is 7.72. The molecule has 1 aliphatic heterocycles. The van der Waals surface area contributed by atoms with Gasteiger partial charge in [0, 0.05) is 19.2 Å². The number of amides is 1. The van der Waals surface area contributed by atoms with E-state index in [1.165, 1.54) is 6.42 Å². The maximum atomic E-state index is 11.4. The van der Waals surface area contributed by atoms with Crippen LogP contribution in [0.2, 0.25) is 0 Å². The average Bonchev–Trinajstić information content (AvgIpc) is 2.70. The molecule has 2 atom stereocenters. The Morgan fingerprint density at radius 1 is 1.62 bits per heavy atom. The summed E-state index contributed by atoms with van der Waals surface area (Å²) < 4.78 is 10.3. The fraction of sp³-hybridized carbons (Fsp3) is 0.909. The largest absolute Gasteiger partial charge is 0.383 e. The molecule has 0 radical (unpaired) electrons. The monoisotopic (exact) mass is 230 g/mol. The second-order valence-electron chi connectivity index (χ2n) is 4.23. The van der Waals surface area contributed by atoms with Gasteiger partial charge in [-0.15, -0.1) is 0 Å². The lowest BCUT2D eigenvalue weighted by Crippen LogP contribution is -2.38. The molecule has 1 rings (SSSR count). The number of methoxy groups -OCH3 is 1. The third kappa shape index (κ3) is 5.44. The Bertz CT molecular complexity index is 205. The Labute approximate surface area is 96.9 Å². The molecular weight excluding hydrogens is 208 g/mol. The normalized spacial score (nSPS) is 22.0. The van der Waals surface area contributed by atoms with Gasteiger partial charge in [-0.2, -0.15) is 0 Å². The zero-order valence-electron chi connectivity index (χ0n) is 10.1. The smallest absolute Gasteiger partial charge is 0.246 e. The van der Waals surface area contributed by atoms with Crippen LogP contribution in [0.3, 0.4) is 0 Å². The van der Waals surface area contributed by atoms with Crippen molar-refractivity contribution in [2.75, 3.05) is 33.5 Å². The number of nitrogens with one attached hydrogen (secondary N) is 2. The number of rotatable bonds is 7. The molecule has 0 aromatic rings. The lowest BCUT2D eigenvalue weighted by molar-refractivity contribution is -0.126. The van der Waals surface area contributed by atoms with E-state index < -0.39 is 0 Å². The fourth-order valence-corrected chi connectivity index (χ4v) is 1.80. The van der Waals surface area contributed by atoms with Crippen LogP contribution in [0.25, 0.3) is 0 Å². The zero-order valence-corrected chi connectivity index (χ0v) is 10.1. The van der Waals surface area contributed by atoms with Gasteiger partial charge in [0.2, 0.25) is 5.91 Å². The van der Waals surface area contributed by atoms with Crippen LogP contribution in [0.5, 0.6) is 0 Å². The van der Waals surface area contributed by atoms with Crippen molar-refractivity contribution in [3.05, 3.63) is 0 Å². The van der Waals surface area contributed by atoms with Gasteiger partial charge < -0.3 is 20.1 Å². The second-order valence-corrected chi connectivity index (χ2v) is 4.23. The van der Waals surface area contributed by atoms with Crippen LogP contribution in [0.4, 0.5) is 0 Å². The first-order valence-corrected chi connectivity index (χ1v) is 5.81.